The highest BCUT2D eigenvalue weighted by Crippen LogP contribution is 2.17. The molecule has 1 aromatic rings. The van der Waals surface area contributed by atoms with E-state index in [2.05, 4.69) is 11.6 Å². The summed E-state index contributed by atoms with van der Waals surface area (Å²) in [5.41, 5.74) is 6.00. The fourth-order valence-electron chi connectivity index (χ4n) is 1.66. The molecule has 0 saturated carbocycles. The third kappa shape index (κ3) is 4.03. The van der Waals surface area contributed by atoms with Gasteiger partial charge in [-0.15, -0.1) is 0 Å². The standard InChI is InChI=1S/C14H22N2OS/c1-11(9-10-18-3)16-13(17)14(2,15)12-7-5-4-6-8-12/h4-8,11H,9-10,15H2,1-3H3,(H,16,17). The van der Waals surface area contributed by atoms with Crippen molar-refractivity contribution in [2.75, 3.05) is 12.0 Å². The Hall–Kier alpha value is -1.00. The van der Waals surface area contributed by atoms with E-state index in [1.54, 1.807) is 18.7 Å². The number of rotatable bonds is 6. The van der Waals surface area contributed by atoms with E-state index in [9.17, 15) is 4.79 Å². The van der Waals surface area contributed by atoms with Gasteiger partial charge in [0, 0.05) is 6.04 Å². The lowest BCUT2D eigenvalue weighted by molar-refractivity contribution is -0.126. The summed E-state index contributed by atoms with van der Waals surface area (Å²) in [7, 11) is 0. The molecule has 0 aliphatic heterocycles. The fraction of sp³-hybridized carbons (Fsp3) is 0.500. The SMILES string of the molecule is CSCCC(C)NC(=O)C(C)(N)c1ccccc1. The molecule has 1 aromatic carbocycles. The maximum atomic E-state index is 12.2. The number of hydrogen-bond acceptors (Lipinski definition) is 3. The van der Waals surface area contributed by atoms with Gasteiger partial charge in [0.2, 0.25) is 5.91 Å². The van der Waals surface area contributed by atoms with Gasteiger partial charge in [0.15, 0.2) is 0 Å². The molecule has 0 spiro atoms. The van der Waals surface area contributed by atoms with Crippen LogP contribution in [-0.2, 0) is 10.3 Å². The number of amides is 1. The Morgan fingerprint density at radius 2 is 2.06 bits per heavy atom. The Balaban J connectivity index is 2.65. The van der Waals surface area contributed by atoms with Crippen LogP contribution in [0.5, 0.6) is 0 Å². The van der Waals surface area contributed by atoms with Gasteiger partial charge in [-0.05, 0) is 37.8 Å². The minimum atomic E-state index is -0.977. The zero-order valence-electron chi connectivity index (χ0n) is 11.3. The summed E-state index contributed by atoms with van der Waals surface area (Å²) < 4.78 is 0. The molecule has 1 amide bonds. The Morgan fingerprint density at radius 3 is 2.61 bits per heavy atom. The molecular weight excluding hydrogens is 244 g/mol. The summed E-state index contributed by atoms with van der Waals surface area (Å²) in [5.74, 6) is 0.913. The highest BCUT2D eigenvalue weighted by molar-refractivity contribution is 7.98. The minimum absolute atomic E-state index is 0.123. The molecule has 2 atom stereocenters. The average molecular weight is 266 g/mol. The minimum Gasteiger partial charge on any atom is -0.352 e. The Labute approximate surface area is 114 Å². The zero-order valence-corrected chi connectivity index (χ0v) is 12.1. The van der Waals surface area contributed by atoms with Gasteiger partial charge >= 0.3 is 0 Å². The molecule has 0 fully saturated rings. The van der Waals surface area contributed by atoms with Crippen molar-refractivity contribution in [3.05, 3.63) is 35.9 Å². The lowest BCUT2D eigenvalue weighted by Gasteiger charge is -2.26. The second kappa shape index (κ2) is 6.81. The van der Waals surface area contributed by atoms with Gasteiger partial charge < -0.3 is 11.1 Å². The van der Waals surface area contributed by atoms with E-state index < -0.39 is 5.54 Å². The van der Waals surface area contributed by atoms with Crippen LogP contribution >= 0.6 is 11.8 Å². The van der Waals surface area contributed by atoms with E-state index in [0.717, 1.165) is 17.7 Å². The number of nitrogens with two attached hydrogens (primary N) is 1. The Kier molecular flexibility index (Phi) is 5.69. The molecule has 0 aromatic heterocycles. The van der Waals surface area contributed by atoms with Crippen molar-refractivity contribution in [2.45, 2.75) is 31.8 Å². The number of carbonyl (C=O) groups excluding carboxylic acids is 1. The second-order valence-corrected chi connectivity index (χ2v) is 5.71. The van der Waals surface area contributed by atoms with Gasteiger partial charge in [0.25, 0.3) is 0 Å². The van der Waals surface area contributed by atoms with Crippen LogP contribution in [0.15, 0.2) is 30.3 Å². The van der Waals surface area contributed by atoms with Gasteiger partial charge in [-0.1, -0.05) is 30.3 Å². The smallest absolute Gasteiger partial charge is 0.244 e. The van der Waals surface area contributed by atoms with Crippen molar-refractivity contribution in [1.29, 1.82) is 0 Å². The monoisotopic (exact) mass is 266 g/mol. The van der Waals surface area contributed by atoms with Crippen LogP contribution in [0.2, 0.25) is 0 Å². The first-order chi connectivity index (χ1) is 8.48. The average Bonchev–Trinajstić information content (AvgIpc) is 2.37. The van der Waals surface area contributed by atoms with Crippen LogP contribution in [0.1, 0.15) is 25.8 Å². The van der Waals surface area contributed by atoms with E-state index in [0.29, 0.717) is 0 Å². The second-order valence-electron chi connectivity index (χ2n) is 4.72. The summed E-state index contributed by atoms with van der Waals surface area (Å²) in [5, 5.41) is 2.98. The Bertz CT molecular complexity index is 379. The molecule has 3 N–H and O–H groups in total. The van der Waals surface area contributed by atoms with E-state index in [1.807, 2.05) is 37.3 Å². The normalized spacial score (nSPS) is 15.8. The van der Waals surface area contributed by atoms with Crippen LogP contribution in [0, 0.1) is 0 Å². The molecule has 0 aliphatic rings. The maximum Gasteiger partial charge on any atom is 0.244 e. The third-order valence-corrected chi connectivity index (χ3v) is 3.62. The van der Waals surface area contributed by atoms with Crippen molar-refractivity contribution in [3.8, 4) is 0 Å². The fourth-order valence-corrected chi connectivity index (χ4v) is 2.25. The quantitative estimate of drug-likeness (QED) is 0.829. The van der Waals surface area contributed by atoms with Crippen LogP contribution in [0.3, 0.4) is 0 Å². The first kappa shape index (κ1) is 15.1. The molecule has 4 heteroatoms. The van der Waals surface area contributed by atoms with E-state index in [-0.39, 0.29) is 11.9 Å². The summed E-state index contributed by atoms with van der Waals surface area (Å²) >= 11 is 1.78. The number of nitrogens with one attached hydrogen (secondary N) is 1. The highest BCUT2D eigenvalue weighted by atomic mass is 32.2. The van der Waals surface area contributed by atoms with Crippen molar-refractivity contribution >= 4 is 17.7 Å². The summed E-state index contributed by atoms with van der Waals surface area (Å²) in [4.78, 5) is 12.2. The largest absolute Gasteiger partial charge is 0.352 e. The van der Waals surface area contributed by atoms with E-state index in [4.69, 9.17) is 5.73 Å². The molecule has 0 bridgehead atoms. The topological polar surface area (TPSA) is 55.1 Å². The van der Waals surface area contributed by atoms with Gasteiger partial charge in [0.1, 0.15) is 5.54 Å². The number of thioether (sulfide) groups is 1. The summed E-state index contributed by atoms with van der Waals surface area (Å²) in [6, 6.07) is 9.61. The van der Waals surface area contributed by atoms with Crippen molar-refractivity contribution in [1.82, 2.24) is 5.32 Å². The van der Waals surface area contributed by atoms with Crippen LogP contribution in [0.25, 0.3) is 0 Å². The van der Waals surface area contributed by atoms with Gasteiger partial charge in [0.05, 0.1) is 0 Å². The van der Waals surface area contributed by atoms with Crippen LogP contribution in [0.4, 0.5) is 0 Å². The molecule has 0 radical (unpaired) electrons. The van der Waals surface area contributed by atoms with Crippen molar-refractivity contribution < 1.29 is 4.79 Å². The number of carbonyl (C=O) groups is 1. The molecule has 1 rings (SSSR count). The molecule has 2 unspecified atom stereocenters. The predicted octanol–water partition coefficient (Wildman–Crippen LogP) is 2.12. The van der Waals surface area contributed by atoms with Gasteiger partial charge in [-0.2, -0.15) is 11.8 Å². The first-order valence-corrected chi connectivity index (χ1v) is 7.52. The molecule has 0 saturated heterocycles. The molecule has 100 valence electrons. The molecule has 18 heavy (non-hydrogen) atoms. The lowest BCUT2D eigenvalue weighted by atomic mass is 9.92. The van der Waals surface area contributed by atoms with Crippen LogP contribution < -0.4 is 11.1 Å². The summed E-state index contributed by atoms with van der Waals surface area (Å²) in [6.45, 7) is 3.76. The van der Waals surface area contributed by atoms with Crippen molar-refractivity contribution in [2.24, 2.45) is 5.73 Å². The lowest BCUT2D eigenvalue weighted by Crippen LogP contribution is -2.51. The van der Waals surface area contributed by atoms with Crippen molar-refractivity contribution in [3.63, 3.8) is 0 Å². The van der Waals surface area contributed by atoms with E-state index in [1.165, 1.54) is 0 Å². The number of hydrogen-bond donors (Lipinski definition) is 2. The molecular formula is C14H22N2OS. The predicted molar refractivity (Wildman–Crippen MR) is 78.6 cm³/mol. The number of benzene rings is 1. The highest BCUT2D eigenvalue weighted by Gasteiger charge is 2.30. The van der Waals surface area contributed by atoms with Gasteiger partial charge in [-0.25, -0.2) is 0 Å². The van der Waals surface area contributed by atoms with Gasteiger partial charge in [-0.3, -0.25) is 4.79 Å². The zero-order chi connectivity index (χ0) is 13.6. The summed E-state index contributed by atoms with van der Waals surface area (Å²) in [6.07, 6.45) is 3.02. The van der Waals surface area contributed by atoms with E-state index >= 15 is 0 Å². The molecule has 3 nitrogen and oxygen atoms in total. The molecule has 0 heterocycles. The van der Waals surface area contributed by atoms with Crippen LogP contribution in [-0.4, -0.2) is 24.0 Å². The maximum absolute atomic E-state index is 12.2. The first-order valence-electron chi connectivity index (χ1n) is 6.12. The Morgan fingerprint density at radius 1 is 1.44 bits per heavy atom. The molecule has 0 aliphatic carbocycles. The third-order valence-electron chi connectivity index (χ3n) is 2.98.